The molecule has 0 atom stereocenters. The molecule has 0 radical (unpaired) electrons. The fraction of sp³-hybridized carbons (Fsp3) is 0.192. The molecule has 0 spiro atoms. The third-order valence-electron chi connectivity index (χ3n) is 4.99. The van der Waals surface area contributed by atoms with E-state index in [0.717, 1.165) is 51.3 Å². The summed E-state index contributed by atoms with van der Waals surface area (Å²) in [5, 5.41) is 1.88. The highest BCUT2D eigenvalue weighted by Crippen LogP contribution is 2.26. The zero-order valence-corrected chi connectivity index (χ0v) is 17.5. The molecule has 4 rings (SSSR count). The van der Waals surface area contributed by atoms with Crippen LogP contribution in [-0.2, 0) is 6.42 Å². The summed E-state index contributed by atoms with van der Waals surface area (Å²) < 4.78 is 17.0. The van der Waals surface area contributed by atoms with Crippen molar-refractivity contribution in [3.8, 4) is 22.8 Å². The van der Waals surface area contributed by atoms with Crippen LogP contribution in [0.3, 0.4) is 0 Å². The van der Waals surface area contributed by atoms with Gasteiger partial charge in [0.1, 0.15) is 22.8 Å². The van der Waals surface area contributed by atoms with Gasteiger partial charge in [-0.25, -0.2) is 4.99 Å². The fourth-order valence-corrected chi connectivity index (χ4v) is 3.35. The Bertz CT molecular complexity index is 1210. The Morgan fingerprint density at radius 2 is 1.57 bits per heavy atom. The molecule has 3 aromatic carbocycles. The highest BCUT2D eigenvalue weighted by Gasteiger charge is 2.08. The maximum absolute atomic E-state index is 6.23. The van der Waals surface area contributed by atoms with Crippen LogP contribution in [-0.4, -0.2) is 13.7 Å². The molecule has 152 valence electrons. The largest absolute Gasteiger partial charge is 0.497 e. The van der Waals surface area contributed by atoms with Crippen molar-refractivity contribution in [3.63, 3.8) is 0 Å². The topological polar surface area (TPSA) is 44.0 Å². The van der Waals surface area contributed by atoms with Crippen molar-refractivity contribution in [2.75, 3.05) is 13.7 Å². The van der Waals surface area contributed by atoms with Crippen LogP contribution in [0.5, 0.6) is 11.5 Å². The van der Waals surface area contributed by atoms with Crippen LogP contribution in [0.4, 0.5) is 5.69 Å². The molecule has 1 heterocycles. The van der Waals surface area contributed by atoms with Crippen LogP contribution in [0.2, 0.25) is 0 Å². The fourth-order valence-electron chi connectivity index (χ4n) is 3.35. The van der Waals surface area contributed by atoms with Crippen molar-refractivity contribution >= 4 is 16.7 Å². The molecular formula is C26H25NO3. The van der Waals surface area contributed by atoms with E-state index in [0.29, 0.717) is 6.61 Å². The molecular weight excluding hydrogens is 374 g/mol. The molecule has 0 saturated heterocycles. The van der Waals surface area contributed by atoms with Crippen LogP contribution >= 0.6 is 0 Å². The summed E-state index contributed by atoms with van der Waals surface area (Å²) in [6, 6.07) is 24.0. The van der Waals surface area contributed by atoms with Crippen LogP contribution in [0.25, 0.3) is 22.3 Å². The Kier molecular flexibility index (Phi) is 5.84. The molecule has 0 saturated carbocycles. The van der Waals surface area contributed by atoms with Gasteiger partial charge in [-0.2, -0.15) is 0 Å². The third kappa shape index (κ3) is 4.23. The molecule has 0 aliphatic rings. The lowest BCUT2D eigenvalue weighted by Crippen LogP contribution is -2.04. The average molecular weight is 399 g/mol. The molecule has 0 bridgehead atoms. The maximum atomic E-state index is 6.23. The molecule has 4 heteroatoms. The van der Waals surface area contributed by atoms with Crippen molar-refractivity contribution in [3.05, 3.63) is 83.7 Å². The Labute approximate surface area is 176 Å². The maximum Gasteiger partial charge on any atom is 0.136 e. The van der Waals surface area contributed by atoms with E-state index in [1.807, 2.05) is 67.6 Å². The van der Waals surface area contributed by atoms with Crippen LogP contribution in [0.15, 0.2) is 82.2 Å². The number of benzene rings is 3. The Balaban J connectivity index is 1.87. The second kappa shape index (κ2) is 8.87. The van der Waals surface area contributed by atoms with Gasteiger partial charge in [0.05, 0.1) is 24.8 Å². The number of rotatable bonds is 6. The van der Waals surface area contributed by atoms with Crippen molar-refractivity contribution in [2.45, 2.75) is 20.3 Å². The van der Waals surface area contributed by atoms with Crippen LogP contribution in [0.1, 0.15) is 19.4 Å². The molecule has 0 unspecified atom stereocenters. The van der Waals surface area contributed by atoms with E-state index in [9.17, 15) is 0 Å². The van der Waals surface area contributed by atoms with Gasteiger partial charge < -0.3 is 13.9 Å². The van der Waals surface area contributed by atoms with Gasteiger partial charge in [0.15, 0.2) is 0 Å². The van der Waals surface area contributed by atoms with Crippen molar-refractivity contribution in [2.24, 2.45) is 4.99 Å². The number of nitrogens with zero attached hydrogens (tertiary/aromatic N) is 1. The van der Waals surface area contributed by atoms with Gasteiger partial charge in [-0.05, 0) is 79.6 Å². The minimum Gasteiger partial charge on any atom is -0.497 e. The molecule has 0 amide bonds. The van der Waals surface area contributed by atoms with Crippen LogP contribution in [0, 0.1) is 0 Å². The van der Waals surface area contributed by atoms with Crippen molar-refractivity contribution in [1.82, 2.24) is 0 Å². The number of ether oxygens (including phenoxy) is 2. The standard InChI is InChI=1S/C26H25NO3/c1-4-18-6-15-25-23(16-18)24(27-20-9-13-22(14-10-20)29-5-2)17-26(30-25)19-7-11-21(28-3)12-8-19/h6-17H,4-5H2,1-3H3. The van der Waals surface area contributed by atoms with Gasteiger partial charge in [0.2, 0.25) is 0 Å². The minimum atomic E-state index is 0.645. The predicted octanol–water partition coefficient (Wildman–Crippen LogP) is 6.30. The first-order chi connectivity index (χ1) is 14.7. The van der Waals surface area contributed by atoms with E-state index < -0.39 is 0 Å². The zero-order valence-electron chi connectivity index (χ0n) is 17.5. The highest BCUT2D eigenvalue weighted by atomic mass is 16.5. The van der Waals surface area contributed by atoms with Gasteiger partial charge in [0, 0.05) is 17.0 Å². The van der Waals surface area contributed by atoms with E-state index in [1.54, 1.807) is 7.11 Å². The van der Waals surface area contributed by atoms with Crippen molar-refractivity contribution < 1.29 is 13.9 Å². The van der Waals surface area contributed by atoms with Gasteiger partial charge >= 0.3 is 0 Å². The van der Waals surface area contributed by atoms with Gasteiger partial charge in [-0.1, -0.05) is 13.0 Å². The number of fused-ring (bicyclic) bond motifs is 1. The Hall–Kier alpha value is -3.53. The number of methoxy groups -OCH3 is 1. The van der Waals surface area contributed by atoms with Gasteiger partial charge in [-0.3, -0.25) is 0 Å². The molecule has 0 N–H and O–H groups in total. The van der Waals surface area contributed by atoms with Crippen molar-refractivity contribution in [1.29, 1.82) is 0 Å². The summed E-state index contributed by atoms with van der Waals surface area (Å²) in [6.45, 7) is 4.77. The van der Waals surface area contributed by atoms with E-state index in [-0.39, 0.29) is 0 Å². The number of hydrogen-bond donors (Lipinski definition) is 0. The van der Waals surface area contributed by atoms with E-state index in [2.05, 4.69) is 19.1 Å². The lowest BCUT2D eigenvalue weighted by molar-refractivity contribution is 0.340. The second-order valence-electron chi connectivity index (χ2n) is 6.95. The monoisotopic (exact) mass is 399 g/mol. The summed E-state index contributed by atoms with van der Waals surface area (Å²) in [4.78, 5) is 4.93. The van der Waals surface area contributed by atoms with E-state index in [1.165, 1.54) is 5.56 Å². The highest BCUT2D eigenvalue weighted by molar-refractivity contribution is 5.79. The first-order valence-electron chi connectivity index (χ1n) is 10.2. The first kappa shape index (κ1) is 19.8. The summed E-state index contributed by atoms with van der Waals surface area (Å²) in [7, 11) is 1.66. The second-order valence-corrected chi connectivity index (χ2v) is 6.95. The number of aryl methyl sites for hydroxylation is 1. The molecule has 0 aliphatic carbocycles. The molecule has 4 aromatic rings. The average Bonchev–Trinajstić information content (AvgIpc) is 2.80. The SMILES string of the molecule is CCOc1ccc(N=c2cc(-c3ccc(OC)cc3)oc3ccc(CC)cc23)cc1. The smallest absolute Gasteiger partial charge is 0.136 e. The molecule has 0 aliphatic heterocycles. The number of hydrogen-bond acceptors (Lipinski definition) is 4. The molecule has 4 nitrogen and oxygen atoms in total. The summed E-state index contributed by atoms with van der Waals surface area (Å²) in [5.41, 5.74) is 3.90. The quantitative estimate of drug-likeness (QED) is 0.382. The first-order valence-corrected chi connectivity index (χ1v) is 10.2. The van der Waals surface area contributed by atoms with Gasteiger partial charge in [-0.15, -0.1) is 0 Å². The van der Waals surface area contributed by atoms with E-state index in [4.69, 9.17) is 18.9 Å². The minimum absolute atomic E-state index is 0.645. The zero-order chi connectivity index (χ0) is 20.9. The molecule has 1 aromatic heterocycles. The normalized spacial score (nSPS) is 11.6. The van der Waals surface area contributed by atoms with Crippen LogP contribution < -0.4 is 14.8 Å². The Morgan fingerprint density at radius 1 is 0.833 bits per heavy atom. The van der Waals surface area contributed by atoms with Gasteiger partial charge in [0.25, 0.3) is 0 Å². The summed E-state index contributed by atoms with van der Waals surface area (Å²) >= 11 is 0. The molecule has 30 heavy (non-hydrogen) atoms. The lowest BCUT2D eigenvalue weighted by atomic mass is 10.1. The third-order valence-corrected chi connectivity index (χ3v) is 4.99. The predicted molar refractivity (Wildman–Crippen MR) is 120 cm³/mol. The summed E-state index contributed by atoms with van der Waals surface area (Å²) in [5.74, 6) is 2.42. The van der Waals surface area contributed by atoms with E-state index >= 15 is 0 Å². The molecule has 0 fully saturated rings. The Morgan fingerprint density at radius 3 is 2.23 bits per heavy atom. The summed E-state index contributed by atoms with van der Waals surface area (Å²) in [6.07, 6.45) is 0.957. The lowest BCUT2D eigenvalue weighted by Gasteiger charge is -2.08.